The maximum absolute atomic E-state index is 10.8. The van der Waals surface area contributed by atoms with Gasteiger partial charge in [0.25, 0.3) is 0 Å². The number of piperidine rings is 1. The summed E-state index contributed by atoms with van der Waals surface area (Å²) < 4.78 is 0. The van der Waals surface area contributed by atoms with E-state index in [0.29, 0.717) is 0 Å². The molecule has 1 fully saturated rings. The van der Waals surface area contributed by atoms with Gasteiger partial charge in [0.05, 0.1) is 6.10 Å². The third kappa shape index (κ3) is 2.39. The number of nitrogens with zero attached hydrogens (tertiary/aromatic N) is 1. The molecule has 0 radical (unpaired) electrons. The first-order chi connectivity index (χ1) is 12.7. The standard InChI is InChI=1S/C24H27NO/c1-17-14-20-8-4-5-9-21(20)24(17)10-12-25(13-11-24)22-15-18-6-2-3-7-19(18)16-23(22)26/h2-9,14,22-23,26H,10-13,15-16H2,1H3. The molecule has 0 bridgehead atoms. The minimum atomic E-state index is -0.244. The van der Waals surface area contributed by atoms with Crippen LogP contribution in [0.3, 0.4) is 0 Å². The topological polar surface area (TPSA) is 23.5 Å². The molecule has 2 unspecified atom stereocenters. The van der Waals surface area contributed by atoms with Crippen LogP contribution in [0.5, 0.6) is 0 Å². The molecule has 2 aromatic carbocycles. The summed E-state index contributed by atoms with van der Waals surface area (Å²) in [5.41, 5.74) is 7.42. The smallest absolute Gasteiger partial charge is 0.0738 e. The van der Waals surface area contributed by atoms with Crippen LogP contribution in [0.25, 0.3) is 6.08 Å². The Morgan fingerprint density at radius 2 is 1.58 bits per heavy atom. The number of rotatable bonds is 1. The fourth-order valence-corrected chi connectivity index (χ4v) is 5.59. The summed E-state index contributed by atoms with van der Waals surface area (Å²) in [6, 6.07) is 17.8. The van der Waals surface area contributed by atoms with Gasteiger partial charge in [0.15, 0.2) is 0 Å². The first kappa shape index (κ1) is 16.3. The third-order valence-electron chi connectivity index (χ3n) is 7.14. The molecule has 26 heavy (non-hydrogen) atoms. The second-order valence-electron chi connectivity index (χ2n) is 8.34. The summed E-state index contributed by atoms with van der Waals surface area (Å²) in [7, 11) is 0. The number of likely N-dealkylation sites (tertiary alicyclic amines) is 1. The molecule has 134 valence electrons. The van der Waals surface area contributed by atoms with Crippen molar-refractivity contribution in [2.75, 3.05) is 13.1 Å². The lowest BCUT2D eigenvalue weighted by molar-refractivity contribution is 0.0227. The van der Waals surface area contributed by atoms with E-state index < -0.39 is 0 Å². The van der Waals surface area contributed by atoms with E-state index in [2.05, 4.69) is 66.4 Å². The van der Waals surface area contributed by atoms with Crippen LogP contribution in [0, 0.1) is 0 Å². The highest BCUT2D eigenvalue weighted by molar-refractivity contribution is 5.69. The second kappa shape index (κ2) is 6.07. The number of hydrogen-bond donors (Lipinski definition) is 1. The van der Waals surface area contributed by atoms with E-state index in [4.69, 9.17) is 0 Å². The van der Waals surface area contributed by atoms with Crippen LogP contribution in [-0.4, -0.2) is 35.2 Å². The first-order valence-electron chi connectivity index (χ1n) is 9.94. The number of benzene rings is 2. The number of aliphatic hydroxyl groups is 1. The monoisotopic (exact) mass is 345 g/mol. The molecule has 1 saturated heterocycles. The Kier molecular flexibility index (Phi) is 3.80. The summed E-state index contributed by atoms with van der Waals surface area (Å²) in [5.74, 6) is 0. The maximum Gasteiger partial charge on any atom is 0.0738 e. The third-order valence-corrected chi connectivity index (χ3v) is 7.14. The van der Waals surface area contributed by atoms with Gasteiger partial charge >= 0.3 is 0 Å². The molecule has 3 aliphatic rings. The molecule has 2 aliphatic carbocycles. The van der Waals surface area contributed by atoms with Crippen molar-refractivity contribution < 1.29 is 5.11 Å². The quantitative estimate of drug-likeness (QED) is 0.845. The molecule has 1 heterocycles. The SMILES string of the molecule is CC1=Cc2ccccc2C12CCN(C1Cc3ccccc3CC1O)CC2. The Labute approximate surface area is 156 Å². The van der Waals surface area contributed by atoms with Crippen LogP contribution in [0.4, 0.5) is 0 Å². The highest BCUT2D eigenvalue weighted by atomic mass is 16.3. The normalized spacial score (nSPS) is 27.1. The van der Waals surface area contributed by atoms with E-state index in [-0.39, 0.29) is 17.6 Å². The summed E-state index contributed by atoms with van der Waals surface area (Å²) >= 11 is 0. The van der Waals surface area contributed by atoms with Gasteiger partial charge in [-0.25, -0.2) is 0 Å². The molecule has 1 spiro atoms. The number of hydrogen-bond acceptors (Lipinski definition) is 2. The van der Waals surface area contributed by atoms with Crippen molar-refractivity contribution in [1.29, 1.82) is 0 Å². The fraction of sp³-hybridized carbons (Fsp3) is 0.417. The van der Waals surface area contributed by atoms with Crippen LogP contribution < -0.4 is 0 Å². The lowest BCUT2D eigenvalue weighted by Gasteiger charge is -2.46. The van der Waals surface area contributed by atoms with Crippen molar-refractivity contribution in [3.63, 3.8) is 0 Å². The van der Waals surface area contributed by atoms with E-state index in [9.17, 15) is 5.11 Å². The van der Waals surface area contributed by atoms with Gasteiger partial charge in [-0.05, 0) is 61.5 Å². The average Bonchev–Trinajstić information content (AvgIpc) is 2.94. The second-order valence-corrected chi connectivity index (χ2v) is 8.34. The van der Waals surface area contributed by atoms with Gasteiger partial charge in [-0.1, -0.05) is 60.2 Å². The van der Waals surface area contributed by atoms with Crippen LogP contribution in [0.2, 0.25) is 0 Å². The van der Waals surface area contributed by atoms with Gasteiger partial charge in [-0.2, -0.15) is 0 Å². The Morgan fingerprint density at radius 3 is 2.35 bits per heavy atom. The Bertz CT molecular complexity index is 860. The van der Waals surface area contributed by atoms with Gasteiger partial charge in [-0.3, -0.25) is 4.90 Å². The zero-order valence-electron chi connectivity index (χ0n) is 15.5. The van der Waals surface area contributed by atoms with E-state index in [0.717, 1.165) is 38.8 Å². The molecule has 2 atom stereocenters. The van der Waals surface area contributed by atoms with E-state index in [1.165, 1.54) is 27.8 Å². The Balaban J connectivity index is 1.36. The van der Waals surface area contributed by atoms with Gasteiger partial charge in [-0.15, -0.1) is 0 Å². The minimum absolute atomic E-state index is 0.227. The van der Waals surface area contributed by atoms with Crippen LogP contribution in [0.1, 0.15) is 42.0 Å². The lowest BCUT2D eigenvalue weighted by atomic mass is 9.70. The van der Waals surface area contributed by atoms with Gasteiger partial charge in [0.2, 0.25) is 0 Å². The van der Waals surface area contributed by atoms with Crippen molar-refractivity contribution in [2.45, 2.75) is 50.2 Å². The molecule has 1 N–H and O–H groups in total. The molecule has 0 saturated carbocycles. The number of aliphatic hydroxyl groups excluding tert-OH is 1. The molecule has 0 amide bonds. The fourth-order valence-electron chi connectivity index (χ4n) is 5.59. The summed E-state index contributed by atoms with van der Waals surface area (Å²) in [6.45, 7) is 4.45. The number of fused-ring (bicyclic) bond motifs is 3. The molecular formula is C24H27NO. The highest BCUT2D eigenvalue weighted by Gasteiger charge is 2.44. The van der Waals surface area contributed by atoms with Gasteiger partial charge in [0.1, 0.15) is 0 Å². The first-order valence-corrected chi connectivity index (χ1v) is 9.94. The lowest BCUT2D eigenvalue weighted by Crippen LogP contribution is -2.53. The van der Waals surface area contributed by atoms with Crippen molar-refractivity contribution in [1.82, 2.24) is 4.90 Å². The summed E-state index contributed by atoms with van der Waals surface area (Å²) in [5, 5.41) is 10.8. The molecule has 0 aromatic heterocycles. The summed E-state index contributed by atoms with van der Waals surface area (Å²) in [6.07, 6.45) is 6.25. The highest BCUT2D eigenvalue weighted by Crippen LogP contribution is 2.48. The Morgan fingerprint density at radius 1 is 0.923 bits per heavy atom. The predicted octanol–water partition coefficient (Wildman–Crippen LogP) is 3.97. The maximum atomic E-state index is 10.8. The van der Waals surface area contributed by atoms with E-state index in [1.807, 2.05) is 0 Å². The predicted molar refractivity (Wildman–Crippen MR) is 106 cm³/mol. The van der Waals surface area contributed by atoms with Crippen LogP contribution >= 0.6 is 0 Å². The minimum Gasteiger partial charge on any atom is -0.391 e. The zero-order chi connectivity index (χ0) is 17.7. The van der Waals surface area contributed by atoms with E-state index in [1.54, 1.807) is 0 Å². The van der Waals surface area contributed by atoms with Crippen molar-refractivity contribution in [3.05, 3.63) is 76.4 Å². The molecule has 5 rings (SSSR count). The molecular weight excluding hydrogens is 318 g/mol. The number of allylic oxidation sites excluding steroid dienone is 1. The zero-order valence-corrected chi connectivity index (χ0v) is 15.5. The van der Waals surface area contributed by atoms with E-state index >= 15 is 0 Å². The molecule has 2 aromatic rings. The average molecular weight is 345 g/mol. The van der Waals surface area contributed by atoms with Crippen LogP contribution in [0.15, 0.2) is 54.1 Å². The van der Waals surface area contributed by atoms with Gasteiger partial charge < -0.3 is 5.11 Å². The molecule has 2 heteroatoms. The van der Waals surface area contributed by atoms with Crippen molar-refractivity contribution in [2.24, 2.45) is 0 Å². The van der Waals surface area contributed by atoms with Gasteiger partial charge in [0, 0.05) is 17.9 Å². The molecule has 1 aliphatic heterocycles. The molecule has 2 nitrogen and oxygen atoms in total. The largest absolute Gasteiger partial charge is 0.391 e. The summed E-state index contributed by atoms with van der Waals surface area (Å²) in [4.78, 5) is 2.56. The van der Waals surface area contributed by atoms with Crippen molar-refractivity contribution in [3.8, 4) is 0 Å². The Hall–Kier alpha value is -1.90. The van der Waals surface area contributed by atoms with Crippen LogP contribution in [-0.2, 0) is 18.3 Å². The van der Waals surface area contributed by atoms with Crippen molar-refractivity contribution >= 4 is 6.08 Å².